The van der Waals surface area contributed by atoms with Crippen molar-refractivity contribution in [3.8, 4) is 0 Å². The molecule has 2 aromatic rings. The van der Waals surface area contributed by atoms with Crippen molar-refractivity contribution in [2.45, 2.75) is 16.3 Å². The third-order valence-corrected chi connectivity index (χ3v) is 3.00. The second-order valence-electron chi connectivity index (χ2n) is 2.49. The molecule has 2 aromatic heterocycles. The Kier molecular flexibility index (Phi) is 2.60. The number of aromatic nitrogens is 4. The van der Waals surface area contributed by atoms with Crippen LogP contribution in [0.15, 0.2) is 21.8 Å². The topological polar surface area (TPSA) is 77.6 Å². The van der Waals surface area contributed by atoms with Gasteiger partial charge in [-0.1, -0.05) is 0 Å². The SMILES string of the molecule is Cc1nc(N)cc(Sc2ncns2)n1. The molecular weight excluding hydrogens is 218 g/mol. The molecule has 0 saturated heterocycles. The number of anilines is 1. The van der Waals surface area contributed by atoms with Gasteiger partial charge >= 0.3 is 0 Å². The Morgan fingerprint density at radius 1 is 1.43 bits per heavy atom. The zero-order valence-corrected chi connectivity index (χ0v) is 8.97. The molecule has 0 aliphatic heterocycles. The maximum atomic E-state index is 5.59. The first-order valence-electron chi connectivity index (χ1n) is 3.80. The summed E-state index contributed by atoms with van der Waals surface area (Å²) in [6, 6.07) is 1.72. The Bertz CT molecular complexity index is 407. The largest absolute Gasteiger partial charge is 0.384 e. The molecule has 0 aliphatic rings. The Balaban J connectivity index is 2.25. The van der Waals surface area contributed by atoms with Crippen molar-refractivity contribution < 1.29 is 0 Å². The molecular formula is C7H7N5S2. The fraction of sp³-hybridized carbons (Fsp3) is 0.143. The molecule has 0 spiro atoms. The number of nitrogens with two attached hydrogens (primary N) is 1. The van der Waals surface area contributed by atoms with Crippen LogP contribution in [-0.4, -0.2) is 19.3 Å². The first kappa shape index (κ1) is 9.35. The van der Waals surface area contributed by atoms with Gasteiger partial charge in [0.25, 0.3) is 0 Å². The van der Waals surface area contributed by atoms with E-state index < -0.39 is 0 Å². The molecule has 0 aromatic carbocycles. The highest BCUT2D eigenvalue weighted by Gasteiger charge is 2.04. The van der Waals surface area contributed by atoms with Crippen LogP contribution in [0.5, 0.6) is 0 Å². The van der Waals surface area contributed by atoms with Crippen LogP contribution < -0.4 is 5.73 Å². The van der Waals surface area contributed by atoms with Gasteiger partial charge in [-0.2, -0.15) is 4.37 Å². The number of hydrogen-bond acceptors (Lipinski definition) is 7. The van der Waals surface area contributed by atoms with Crippen LogP contribution in [0.4, 0.5) is 5.82 Å². The first-order valence-corrected chi connectivity index (χ1v) is 5.39. The normalized spacial score (nSPS) is 10.4. The van der Waals surface area contributed by atoms with E-state index in [-0.39, 0.29) is 0 Å². The second-order valence-corrected chi connectivity index (χ2v) is 4.54. The summed E-state index contributed by atoms with van der Waals surface area (Å²) >= 11 is 2.77. The lowest BCUT2D eigenvalue weighted by Crippen LogP contribution is -1.96. The first-order chi connectivity index (χ1) is 6.74. The van der Waals surface area contributed by atoms with Gasteiger partial charge in [0.2, 0.25) is 0 Å². The predicted molar refractivity (Wildman–Crippen MR) is 55.2 cm³/mol. The lowest BCUT2D eigenvalue weighted by atomic mass is 10.5. The lowest BCUT2D eigenvalue weighted by molar-refractivity contribution is 0.974. The van der Waals surface area contributed by atoms with Crippen molar-refractivity contribution in [1.29, 1.82) is 0 Å². The maximum Gasteiger partial charge on any atom is 0.175 e. The zero-order valence-electron chi connectivity index (χ0n) is 7.34. The molecule has 2 rings (SSSR count). The molecule has 7 heteroatoms. The van der Waals surface area contributed by atoms with Crippen LogP contribution in [0.1, 0.15) is 5.82 Å². The van der Waals surface area contributed by atoms with Crippen molar-refractivity contribution in [3.05, 3.63) is 18.2 Å². The van der Waals surface area contributed by atoms with Crippen LogP contribution in [0.3, 0.4) is 0 Å². The van der Waals surface area contributed by atoms with Crippen LogP contribution in [0.25, 0.3) is 0 Å². The van der Waals surface area contributed by atoms with E-state index in [1.807, 2.05) is 0 Å². The smallest absolute Gasteiger partial charge is 0.175 e. The van der Waals surface area contributed by atoms with E-state index in [4.69, 9.17) is 5.73 Å². The molecule has 0 saturated carbocycles. The fourth-order valence-electron chi connectivity index (χ4n) is 0.912. The van der Waals surface area contributed by atoms with Gasteiger partial charge in [0.05, 0.1) is 0 Å². The van der Waals surface area contributed by atoms with E-state index in [1.165, 1.54) is 29.6 Å². The van der Waals surface area contributed by atoms with Crippen LogP contribution >= 0.6 is 23.3 Å². The summed E-state index contributed by atoms with van der Waals surface area (Å²) < 4.78 is 4.75. The Morgan fingerprint density at radius 3 is 2.93 bits per heavy atom. The quantitative estimate of drug-likeness (QED) is 0.778. The summed E-state index contributed by atoms with van der Waals surface area (Å²) in [5.41, 5.74) is 5.59. The maximum absolute atomic E-state index is 5.59. The Hall–Kier alpha value is -1.21. The van der Waals surface area contributed by atoms with Gasteiger partial charge in [-0.05, 0) is 30.2 Å². The molecule has 0 bridgehead atoms. The van der Waals surface area contributed by atoms with Crippen molar-refractivity contribution >= 4 is 29.1 Å². The summed E-state index contributed by atoms with van der Waals surface area (Å²) in [6.07, 6.45) is 1.52. The minimum absolute atomic E-state index is 0.476. The molecule has 0 aliphatic carbocycles. The number of aryl methyl sites for hydroxylation is 1. The molecule has 2 heterocycles. The highest BCUT2D eigenvalue weighted by Crippen LogP contribution is 2.26. The monoisotopic (exact) mass is 225 g/mol. The van der Waals surface area contributed by atoms with Crippen molar-refractivity contribution in [3.63, 3.8) is 0 Å². The van der Waals surface area contributed by atoms with E-state index in [9.17, 15) is 0 Å². The molecule has 0 fully saturated rings. The van der Waals surface area contributed by atoms with E-state index in [0.717, 1.165) is 9.37 Å². The molecule has 14 heavy (non-hydrogen) atoms. The summed E-state index contributed by atoms with van der Waals surface area (Å²) in [4.78, 5) is 12.2. The molecule has 0 amide bonds. The van der Waals surface area contributed by atoms with Gasteiger partial charge in [0, 0.05) is 6.07 Å². The average molecular weight is 225 g/mol. The average Bonchev–Trinajstić information content (AvgIpc) is 2.54. The molecule has 5 nitrogen and oxygen atoms in total. The van der Waals surface area contributed by atoms with Crippen molar-refractivity contribution in [2.24, 2.45) is 0 Å². The number of rotatable bonds is 2. The van der Waals surface area contributed by atoms with Gasteiger partial charge in [0.1, 0.15) is 23.0 Å². The van der Waals surface area contributed by atoms with Gasteiger partial charge in [-0.25, -0.2) is 15.0 Å². The molecule has 72 valence electrons. The summed E-state index contributed by atoms with van der Waals surface area (Å²) in [7, 11) is 0. The molecule has 0 radical (unpaired) electrons. The lowest BCUT2D eigenvalue weighted by Gasteiger charge is -1.99. The predicted octanol–water partition coefficient (Wildman–Crippen LogP) is 1.37. The van der Waals surface area contributed by atoms with Gasteiger partial charge in [0.15, 0.2) is 4.34 Å². The van der Waals surface area contributed by atoms with Gasteiger partial charge < -0.3 is 5.73 Å². The fourth-order valence-corrected chi connectivity index (χ4v) is 2.36. The summed E-state index contributed by atoms with van der Waals surface area (Å²) in [6.45, 7) is 1.81. The van der Waals surface area contributed by atoms with Crippen LogP contribution in [-0.2, 0) is 0 Å². The third-order valence-electron chi connectivity index (χ3n) is 1.37. The number of nitrogen functional groups attached to an aromatic ring is 1. The minimum atomic E-state index is 0.476. The van der Waals surface area contributed by atoms with E-state index >= 15 is 0 Å². The van der Waals surface area contributed by atoms with Gasteiger partial charge in [-0.15, -0.1) is 0 Å². The number of nitrogens with zero attached hydrogens (tertiary/aromatic N) is 4. The summed E-state index contributed by atoms with van der Waals surface area (Å²) in [5.74, 6) is 1.14. The Labute approximate surface area is 89.0 Å². The zero-order chi connectivity index (χ0) is 9.97. The Morgan fingerprint density at radius 2 is 2.29 bits per heavy atom. The highest BCUT2D eigenvalue weighted by atomic mass is 32.2. The van der Waals surface area contributed by atoms with E-state index in [1.54, 1.807) is 13.0 Å². The minimum Gasteiger partial charge on any atom is -0.384 e. The highest BCUT2D eigenvalue weighted by molar-refractivity contribution is 8.00. The molecule has 0 unspecified atom stereocenters. The van der Waals surface area contributed by atoms with Crippen LogP contribution in [0, 0.1) is 6.92 Å². The second kappa shape index (κ2) is 3.89. The van der Waals surface area contributed by atoms with Gasteiger partial charge in [-0.3, -0.25) is 0 Å². The van der Waals surface area contributed by atoms with E-state index in [2.05, 4.69) is 19.3 Å². The van der Waals surface area contributed by atoms with Crippen molar-refractivity contribution in [2.75, 3.05) is 5.73 Å². The summed E-state index contributed by atoms with van der Waals surface area (Å²) in [5, 5.41) is 0.798. The van der Waals surface area contributed by atoms with E-state index in [0.29, 0.717) is 11.6 Å². The van der Waals surface area contributed by atoms with Crippen molar-refractivity contribution in [1.82, 2.24) is 19.3 Å². The van der Waals surface area contributed by atoms with Crippen LogP contribution in [0.2, 0.25) is 0 Å². The standard InChI is InChI=1S/C7H7N5S2/c1-4-11-5(8)2-6(12-4)13-7-9-3-10-14-7/h2-3H,1H3,(H2,8,11,12). The third kappa shape index (κ3) is 2.18. The number of hydrogen-bond donors (Lipinski definition) is 1. The molecule has 2 N–H and O–H groups in total. The molecule has 0 atom stereocenters.